The number of fused-ring (bicyclic) bond motifs is 1. The van der Waals surface area contributed by atoms with Gasteiger partial charge in [-0.1, -0.05) is 25.1 Å². The van der Waals surface area contributed by atoms with Crippen molar-refractivity contribution in [2.24, 2.45) is 4.99 Å². The maximum atomic E-state index is 4.62. The van der Waals surface area contributed by atoms with E-state index in [-0.39, 0.29) is 5.54 Å². The number of benzene rings is 2. The first-order valence-corrected chi connectivity index (χ1v) is 8.35. The molecule has 2 aromatic carbocycles. The van der Waals surface area contributed by atoms with Gasteiger partial charge in [0, 0.05) is 24.5 Å². The van der Waals surface area contributed by atoms with Crippen molar-refractivity contribution >= 4 is 17.6 Å². The van der Waals surface area contributed by atoms with E-state index in [2.05, 4.69) is 75.0 Å². The van der Waals surface area contributed by atoms with E-state index < -0.39 is 0 Å². The van der Waals surface area contributed by atoms with Gasteiger partial charge < -0.3 is 4.90 Å². The maximum absolute atomic E-state index is 4.62. The van der Waals surface area contributed by atoms with Crippen LogP contribution in [0.4, 0.5) is 11.4 Å². The van der Waals surface area contributed by atoms with Crippen LogP contribution >= 0.6 is 0 Å². The normalized spacial score (nSPS) is 19.9. The van der Waals surface area contributed by atoms with Gasteiger partial charge >= 0.3 is 0 Å². The Bertz CT molecular complexity index is 743. The Morgan fingerprint density at radius 3 is 2.70 bits per heavy atom. The zero-order valence-corrected chi connectivity index (χ0v) is 14.8. The third-order valence-electron chi connectivity index (χ3n) is 5.02. The molecule has 0 N–H and O–H groups in total. The lowest BCUT2D eigenvalue weighted by Crippen LogP contribution is -2.45. The smallest absolute Gasteiger partial charge is 0.0632 e. The van der Waals surface area contributed by atoms with Gasteiger partial charge in [0.1, 0.15) is 0 Å². The third kappa shape index (κ3) is 3.17. The Morgan fingerprint density at radius 2 is 1.96 bits per heavy atom. The third-order valence-corrected chi connectivity index (χ3v) is 5.02. The molecular formula is C21H26N2. The van der Waals surface area contributed by atoms with E-state index in [1.54, 1.807) is 0 Å². The Kier molecular flexibility index (Phi) is 4.01. The molecule has 0 radical (unpaired) electrons. The standard InChI is InChI=1S/C21H26N2/c1-15-7-6-8-18(11-15)22-14-17-9-10-20-19(12-17)16(2)13-21(3,4)23(20)5/h6-12,14,16H,13H2,1-5H3. The second kappa shape index (κ2) is 5.84. The first-order valence-electron chi connectivity index (χ1n) is 8.35. The largest absolute Gasteiger partial charge is 0.369 e. The van der Waals surface area contributed by atoms with Crippen LogP contribution in [0.2, 0.25) is 0 Å². The molecule has 0 fully saturated rings. The van der Waals surface area contributed by atoms with Gasteiger partial charge in [0.05, 0.1) is 5.69 Å². The minimum atomic E-state index is 0.212. The highest BCUT2D eigenvalue weighted by Gasteiger charge is 2.33. The molecule has 1 unspecified atom stereocenters. The summed E-state index contributed by atoms with van der Waals surface area (Å²) in [7, 11) is 2.20. The van der Waals surface area contributed by atoms with Crippen LogP contribution in [0.15, 0.2) is 47.5 Å². The molecule has 0 saturated carbocycles. The average Bonchev–Trinajstić information content (AvgIpc) is 2.50. The zero-order valence-electron chi connectivity index (χ0n) is 14.8. The second-order valence-electron chi connectivity index (χ2n) is 7.39. The van der Waals surface area contributed by atoms with Crippen LogP contribution in [-0.4, -0.2) is 18.8 Å². The predicted molar refractivity (Wildman–Crippen MR) is 100 cm³/mol. The molecule has 2 heteroatoms. The molecule has 0 aromatic heterocycles. The van der Waals surface area contributed by atoms with Crippen molar-refractivity contribution in [3.05, 3.63) is 59.2 Å². The van der Waals surface area contributed by atoms with Crippen molar-refractivity contribution < 1.29 is 0 Å². The van der Waals surface area contributed by atoms with Gasteiger partial charge in [-0.2, -0.15) is 0 Å². The summed E-state index contributed by atoms with van der Waals surface area (Å²) in [6.07, 6.45) is 3.15. The summed E-state index contributed by atoms with van der Waals surface area (Å²) >= 11 is 0. The average molecular weight is 306 g/mol. The molecule has 0 aliphatic carbocycles. The monoisotopic (exact) mass is 306 g/mol. The van der Waals surface area contributed by atoms with Crippen molar-refractivity contribution in [3.63, 3.8) is 0 Å². The number of hydrogen-bond acceptors (Lipinski definition) is 2. The van der Waals surface area contributed by atoms with Crippen LogP contribution in [-0.2, 0) is 0 Å². The Hall–Kier alpha value is -2.09. The molecule has 23 heavy (non-hydrogen) atoms. The molecule has 0 spiro atoms. The van der Waals surface area contributed by atoms with Gasteiger partial charge in [-0.3, -0.25) is 4.99 Å². The quantitative estimate of drug-likeness (QED) is 0.672. The topological polar surface area (TPSA) is 15.6 Å². The summed E-state index contributed by atoms with van der Waals surface area (Å²) in [5, 5.41) is 0. The molecule has 1 atom stereocenters. The van der Waals surface area contributed by atoms with E-state index in [1.165, 1.54) is 28.8 Å². The first kappa shape index (κ1) is 15.8. The van der Waals surface area contributed by atoms with Crippen LogP contribution in [0.5, 0.6) is 0 Å². The highest BCUT2D eigenvalue weighted by molar-refractivity contribution is 5.83. The highest BCUT2D eigenvalue weighted by Crippen LogP contribution is 2.42. The lowest BCUT2D eigenvalue weighted by atomic mass is 9.80. The summed E-state index contributed by atoms with van der Waals surface area (Å²) < 4.78 is 0. The predicted octanol–water partition coefficient (Wildman–Crippen LogP) is 5.47. The molecule has 0 amide bonds. The number of nitrogens with zero attached hydrogens (tertiary/aromatic N) is 2. The fraction of sp³-hybridized carbons (Fsp3) is 0.381. The maximum Gasteiger partial charge on any atom is 0.0632 e. The minimum absolute atomic E-state index is 0.212. The summed E-state index contributed by atoms with van der Waals surface area (Å²) in [4.78, 5) is 7.03. The van der Waals surface area contributed by atoms with E-state index in [1.807, 2.05) is 18.3 Å². The number of aliphatic imine (C=N–C) groups is 1. The van der Waals surface area contributed by atoms with E-state index in [0.29, 0.717) is 5.92 Å². The number of aryl methyl sites for hydroxylation is 1. The van der Waals surface area contributed by atoms with Crippen LogP contribution in [0.1, 0.15) is 49.8 Å². The van der Waals surface area contributed by atoms with Gasteiger partial charge in [0.15, 0.2) is 0 Å². The van der Waals surface area contributed by atoms with Crippen LogP contribution in [0, 0.1) is 6.92 Å². The summed E-state index contributed by atoms with van der Waals surface area (Å²) in [5.41, 5.74) is 6.41. The molecule has 2 nitrogen and oxygen atoms in total. The van der Waals surface area contributed by atoms with Crippen molar-refractivity contribution in [2.75, 3.05) is 11.9 Å². The second-order valence-corrected chi connectivity index (χ2v) is 7.39. The fourth-order valence-electron chi connectivity index (χ4n) is 3.53. The highest BCUT2D eigenvalue weighted by atomic mass is 15.2. The molecule has 1 aliphatic rings. The Morgan fingerprint density at radius 1 is 1.17 bits per heavy atom. The SMILES string of the molecule is Cc1cccc(N=Cc2ccc3c(c2)C(C)CC(C)(C)N3C)c1. The van der Waals surface area contributed by atoms with Crippen LogP contribution in [0.25, 0.3) is 0 Å². The van der Waals surface area contributed by atoms with E-state index in [9.17, 15) is 0 Å². The fourth-order valence-corrected chi connectivity index (χ4v) is 3.53. The molecule has 2 aromatic rings. The van der Waals surface area contributed by atoms with Crippen molar-refractivity contribution in [1.29, 1.82) is 0 Å². The van der Waals surface area contributed by atoms with Crippen molar-refractivity contribution in [3.8, 4) is 0 Å². The molecular weight excluding hydrogens is 280 g/mol. The van der Waals surface area contributed by atoms with Gasteiger partial charge in [0.25, 0.3) is 0 Å². The lowest BCUT2D eigenvalue weighted by Gasteiger charge is -2.45. The lowest BCUT2D eigenvalue weighted by molar-refractivity contribution is 0.395. The molecule has 120 valence electrons. The van der Waals surface area contributed by atoms with Crippen molar-refractivity contribution in [1.82, 2.24) is 0 Å². The van der Waals surface area contributed by atoms with Crippen molar-refractivity contribution in [2.45, 2.75) is 45.6 Å². The van der Waals surface area contributed by atoms with E-state index >= 15 is 0 Å². The van der Waals surface area contributed by atoms with Gasteiger partial charge in [-0.15, -0.1) is 0 Å². The molecule has 0 saturated heterocycles. The number of anilines is 1. The molecule has 0 bridgehead atoms. The molecule has 3 rings (SSSR count). The molecule has 1 aliphatic heterocycles. The summed E-state index contributed by atoms with van der Waals surface area (Å²) in [6.45, 7) is 9.06. The number of hydrogen-bond donors (Lipinski definition) is 0. The summed E-state index contributed by atoms with van der Waals surface area (Å²) in [5.74, 6) is 0.573. The van der Waals surface area contributed by atoms with E-state index in [0.717, 1.165) is 5.69 Å². The van der Waals surface area contributed by atoms with Gasteiger partial charge in [-0.05, 0) is 74.1 Å². The summed E-state index contributed by atoms with van der Waals surface area (Å²) in [6, 6.07) is 15.0. The minimum Gasteiger partial charge on any atom is -0.369 e. The first-order chi connectivity index (χ1) is 10.9. The van der Waals surface area contributed by atoms with Gasteiger partial charge in [0.2, 0.25) is 0 Å². The Labute approximate surface area is 139 Å². The Balaban J connectivity index is 1.91. The van der Waals surface area contributed by atoms with Crippen LogP contribution in [0.3, 0.4) is 0 Å². The number of rotatable bonds is 2. The van der Waals surface area contributed by atoms with Crippen LogP contribution < -0.4 is 4.90 Å². The van der Waals surface area contributed by atoms with Gasteiger partial charge in [-0.25, -0.2) is 0 Å². The molecule has 1 heterocycles. The zero-order chi connectivity index (χ0) is 16.6. The van der Waals surface area contributed by atoms with E-state index in [4.69, 9.17) is 0 Å².